The number of hydrogen-bond donors (Lipinski definition) is 0. The highest BCUT2D eigenvalue weighted by Crippen LogP contribution is 2.42. The molecule has 0 bridgehead atoms. The Morgan fingerprint density at radius 3 is 2.14 bits per heavy atom. The van der Waals surface area contributed by atoms with Gasteiger partial charge in [-0.3, -0.25) is 25.0 Å². The number of hydrogen-bond acceptors (Lipinski definition) is 7. The second-order valence-corrected chi connectivity index (χ2v) is 7.63. The smallest absolute Gasteiger partial charge is 0.339 e. The third-order valence-electron chi connectivity index (χ3n) is 4.16. The number of ketones is 1. The van der Waals surface area contributed by atoms with Crippen molar-refractivity contribution in [3.8, 4) is 11.1 Å². The molecule has 0 fully saturated rings. The Hall–Kier alpha value is -3.62. The zero-order chi connectivity index (χ0) is 20.8. The number of non-ortho nitro benzene ring substituents is 2. The molecule has 0 saturated heterocycles. The van der Waals surface area contributed by atoms with Crippen molar-refractivity contribution in [3.05, 3.63) is 67.3 Å². The van der Waals surface area contributed by atoms with Gasteiger partial charge in [0.1, 0.15) is 0 Å². The maximum Gasteiger partial charge on any atom is 0.339 e. The van der Waals surface area contributed by atoms with Crippen molar-refractivity contribution in [2.24, 2.45) is 5.41 Å². The average molecular weight is 384 g/mol. The predicted octanol–water partition coefficient (Wildman–Crippen LogP) is 3.92. The molecular formula is C19H16N2O7. The van der Waals surface area contributed by atoms with Gasteiger partial charge in [-0.05, 0) is 17.0 Å². The summed E-state index contributed by atoms with van der Waals surface area (Å²) in [5.41, 5.74) is -0.684. The van der Waals surface area contributed by atoms with Crippen molar-refractivity contribution in [2.45, 2.75) is 20.8 Å². The van der Waals surface area contributed by atoms with Gasteiger partial charge in [-0.25, -0.2) is 4.79 Å². The fourth-order valence-electron chi connectivity index (χ4n) is 2.92. The van der Waals surface area contributed by atoms with Crippen LogP contribution in [0.15, 0.2) is 30.3 Å². The number of nitrogens with zero attached hydrogens (tertiary/aromatic N) is 2. The highest BCUT2D eigenvalue weighted by molar-refractivity contribution is 6.24. The van der Waals surface area contributed by atoms with E-state index in [-0.39, 0.29) is 40.0 Å². The number of rotatable bonds is 4. The first kappa shape index (κ1) is 19.2. The maximum absolute atomic E-state index is 12.7. The number of carbonyl (C=O) groups excluding carboxylic acids is 2. The molecule has 0 aromatic heterocycles. The molecule has 9 nitrogen and oxygen atoms in total. The third-order valence-corrected chi connectivity index (χ3v) is 4.16. The van der Waals surface area contributed by atoms with Crippen LogP contribution >= 0.6 is 0 Å². The summed E-state index contributed by atoms with van der Waals surface area (Å²) in [7, 11) is 0. The standard InChI is InChI=1S/C19H16N2O7/c1-19(2,3)9-28-18(23)15-8-11(21(26)27)7-14-16(15)12-5-4-10(20(24)25)6-13(12)17(14)22/h4-8H,9H2,1-3H3. The molecule has 1 aliphatic rings. The molecule has 144 valence electrons. The Balaban J connectivity index is 2.18. The Bertz CT molecular complexity index is 1050. The van der Waals surface area contributed by atoms with Gasteiger partial charge in [0.05, 0.1) is 22.0 Å². The zero-order valence-electron chi connectivity index (χ0n) is 15.3. The quantitative estimate of drug-likeness (QED) is 0.378. The number of ether oxygens (including phenoxy) is 1. The van der Waals surface area contributed by atoms with Crippen molar-refractivity contribution < 1.29 is 24.2 Å². The van der Waals surface area contributed by atoms with Crippen LogP contribution in [-0.4, -0.2) is 28.2 Å². The number of benzene rings is 2. The summed E-state index contributed by atoms with van der Waals surface area (Å²) in [5, 5.41) is 22.3. The summed E-state index contributed by atoms with van der Waals surface area (Å²) in [5.74, 6) is -1.41. The summed E-state index contributed by atoms with van der Waals surface area (Å²) in [4.78, 5) is 46.3. The highest BCUT2D eigenvalue weighted by Gasteiger charge is 2.35. The fraction of sp³-hybridized carbons (Fsp3) is 0.263. The van der Waals surface area contributed by atoms with Crippen molar-refractivity contribution in [1.29, 1.82) is 0 Å². The van der Waals surface area contributed by atoms with Crippen LogP contribution in [0.2, 0.25) is 0 Å². The minimum Gasteiger partial charge on any atom is -0.462 e. The topological polar surface area (TPSA) is 130 Å². The van der Waals surface area contributed by atoms with Crippen LogP contribution in [0.3, 0.4) is 0 Å². The van der Waals surface area contributed by atoms with E-state index in [1.54, 1.807) is 0 Å². The van der Waals surface area contributed by atoms with Crippen molar-refractivity contribution in [2.75, 3.05) is 6.61 Å². The molecule has 0 radical (unpaired) electrons. The van der Waals surface area contributed by atoms with E-state index in [2.05, 4.69) is 0 Å². The van der Waals surface area contributed by atoms with E-state index < -0.39 is 27.3 Å². The van der Waals surface area contributed by atoms with Crippen LogP contribution in [0, 0.1) is 25.6 Å². The molecule has 0 amide bonds. The van der Waals surface area contributed by atoms with E-state index in [0.29, 0.717) is 5.56 Å². The SMILES string of the molecule is CC(C)(C)COC(=O)c1cc([N+](=O)[O-])cc2c1-c1ccc([N+](=O)[O-])cc1C2=O. The zero-order valence-corrected chi connectivity index (χ0v) is 15.3. The number of fused-ring (bicyclic) bond motifs is 3. The average Bonchev–Trinajstić information content (AvgIpc) is 2.90. The molecule has 2 aromatic rings. The molecule has 28 heavy (non-hydrogen) atoms. The van der Waals surface area contributed by atoms with Crippen molar-refractivity contribution >= 4 is 23.1 Å². The van der Waals surface area contributed by atoms with Crippen LogP contribution in [0.5, 0.6) is 0 Å². The normalized spacial score (nSPS) is 12.3. The van der Waals surface area contributed by atoms with Crippen LogP contribution in [0.25, 0.3) is 11.1 Å². The Kier molecular flexibility index (Phi) is 4.46. The van der Waals surface area contributed by atoms with Gasteiger partial charge in [0.2, 0.25) is 0 Å². The highest BCUT2D eigenvalue weighted by atomic mass is 16.6. The monoisotopic (exact) mass is 384 g/mol. The third kappa shape index (κ3) is 3.34. The molecule has 0 atom stereocenters. The van der Waals surface area contributed by atoms with Gasteiger partial charge < -0.3 is 4.74 Å². The van der Waals surface area contributed by atoms with E-state index in [0.717, 1.165) is 18.2 Å². The fourth-order valence-corrected chi connectivity index (χ4v) is 2.92. The molecule has 0 heterocycles. The molecule has 9 heteroatoms. The van der Waals surface area contributed by atoms with Gasteiger partial charge in [-0.15, -0.1) is 0 Å². The van der Waals surface area contributed by atoms with Gasteiger partial charge in [0, 0.05) is 41.0 Å². The minimum absolute atomic E-state index is 0.0227. The lowest BCUT2D eigenvalue weighted by Crippen LogP contribution is -2.19. The van der Waals surface area contributed by atoms with Crippen LogP contribution in [0.4, 0.5) is 11.4 Å². The first-order chi connectivity index (χ1) is 13.0. The largest absolute Gasteiger partial charge is 0.462 e. The Morgan fingerprint density at radius 1 is 0.964 bits per heavy atom. The van der Waals surface area contributed by atoms with Gasteiger partial charge in [-0.2, -0.15) is 0 Å². The second kappa shape index (κ2) is 6.52. The number of esters is 1. The lowest BCUT2D eigenvalue weighted by Gasteiger charge is -2.18. The molecule has 0 aliphatic heterocycles. The first-order valence-corrected chi connectivity index (χ1v) is 8.32. The van der Waals surface area contributed by atoms with Crippen LogP contribution in [0.1, 0.15) is 47.1 Å². The van der Waals surface area contributed by atoms with E-state index in [1.165, 1.54) is 12.1 Å². The molecule has 0 N–H and O–H groups in total. The molecular weight excluding hydrogens is 368 g/mol. The summed E-state index contributed by atoms with van der Waals surface area (Å²) >= 11 is 0. The van der Waals surface area contributed by atoms with E-state index in [9.17, 15) is 29.8 Å². The lowest BCUT2D eigenvalue weighted by atomic mass is 9.97. The van der Waals surface area contributed by atoms with Crippen molar-refractivity contribution in [3.63, 3.8) is 0 Å². The molecule has 3 rings (SSSR count). The molecule has 0 unspecified atom stereocenters. The minimum atomic E-state index is -0.797. The first-order valence-electron chi connectivity index (χ1n) is 8.32. The van der Waals surface area contributed by atoms with E-state index in [4.69, 9.17) is 4.74 Å². The maximum atomic E-state index is 12.7. The summed E-state index contributed by atoms with van der Waals surface area (Å²) in [6.07, 6.45) is 0. The molecule has 1 aliphatic carbocycles. The Morgan fingerprint density at radius 2 is 1.57 bits per heavy atom. The molecule has 2 aromatic carbocycles. The summed E-state index contributed by atoms with van der Waals surface area (Å²) < 4.78 is 5.28. The van der Waals surface area contributed by atoms with E-state index in [1.807, 2.05) is 20.8 Å². The number of nitro benzene ring substituents is 2. The van der Waals surface area contributed by atoms with Crippen LogP contribution in [-0.2, 0) is 4.74 Å². The summed E-state index contributed by atoms with van der Waals surface area (Å²) in [6.45, 7) is 5.65. The van der Waals surface area contributed by atoms with Gasteiger partial charge in [0.15, 0.2) is 5.78 Å². The lowest BCUT2D eigenvalue weighted by molar-refractivity contribution is -0.385. The predicted molar refractivity (Wildman–Crippen MR) is 98.4 cm³/mol. The van der Waals surface area contributed by atoms with Gasteiger partial charge >= 0.3 is 5.97 Å². The molecule has 0 spiro atoms. The number of nitro groups is 2. The van der Waals surface area contributed by atoms with Gasteiger partial charge in [0.25, 0.3) is 11.4 Å². The van der Waals surface area contributed by atoms with Crippen LogP contribution < -0.4 is 0 Å². The van der Waals surface area contributed by atoms with Crippen molar-refractivity contribution in [1.82, 2.24) is 0 Å². The van der Waals surface area contributed by atoms with Gasteiger partial charge in [-0.1, -0.05) is 20.8 Å². The summed E-state index contributed by atoms with van der Waals surface area (Å²) in [6, 6.07) is 5.82. The second-order valence-electron chi connectivity index (χ2n) is 7.63. The molecule has 0 saturated carbocycles. The van der Waals surface area contributed by atoms with E-state index >= 15 is 0 Å². The number of carbonyl (C=O) groups is 2. The Labute approximate surface area is 159 Å².